The van der Waals surface area contributed by atoms with Gasteiger partial charge in [0.05, 0.1) is 6.61 Å². The molecule has 1 aliphatic heterocycles. The van der Waals surface area contributed by atoms with Crippen molar-refractivity contribution in [2.75, 3.05) is 36.6 Å². The van der Waals surface area contributed by atoms with Gasteiger partial charge < -0.3 is 14.7 Å². The molecule has 8 heteroatoms. The number of ether oxygens (including phenoxy) is 1. The summed E-state index contributed by atoms with van der Waals surface area (Å²) in [5.41, 5.74) is 2.43. The lowest BCUT2D eigenvalue weighted by Crippen LogP contribution is -2.38. The van der Waals surface area contributed by atoms with E-state index in [2.05, 4.69) is 20.4 Å². The number of nitrogens with two attached hydrogens (primary N) is 1. The SMILES string of the molecule is CCCOc1nc(NN)nc(N2CCCC(CO)C2)n1. The van der Waals surface area contributed by atoms with Gasteiger partial charge in [0.15, 0.2) is 0 Å². The third-order valence-corrected chi connectivity index (χ3v) is 3.23. The van der Waals surface area contributed by atoms with E-state index in [1.807, 2.05) is 11.8 Å². The van der Waals surface area contributed by atoms with Gasteiger partial charge in [0.2, 0.25) is 11.9 Å². The van der Waals surface area contributed by atoms with Gasteiger partial charge in [0.1, 0.15) is 0 Å². The number of aromatic nitrogens is 3. The number of aliphatic hydroxyl groups excluding tert-OH is 1. The first-order valence-corrected chi connectivity index (χ1v) is 6.98. The van der Waals surface area contributed by atoms with E-state index < -0.39 is 0 Å². The minimum atomic E-state index is 0.183. The molecule has 0 amide bonds. The van der Waals surface area contributed by atoms with Gasteiger partial charge in [-0.15, -0.1) is 0 Å². The summed E-state index contributed by atoms with van der Waals surface area (Å²) in [5, 5.41) is 9.29. The van der Waals surface area contributed by atoms with Crippen LogP contribution in [0.25, 0.3) is 0 Å². The molecule has 4 N–H and O–H groups in total. The quantitative estimate of drug-likeness (QED) is 0.500. The van der Waals surface area contributed by atoms with E-state index in [0.29, 0.717) is 12.6 Å². The smallest absolute Gasteiger partial charge is 0.323 e. The Labute approximate surface area is 118 Å². The number of rotatable bonds is 6. The van der Waals surface area contributed by atoms with Gasteiger partial charge in [-0.25, -0.2) is 5.84 Å². The number of nitrogens with zero attached hydrogens (tertiary/aromatic N) is 4. The van der Waals surface area contributed by atoms with E-state index in [-0.39, 0.29) is 24.5 Å². The lowest BCUT2D eigenvalue weighted by molar-refractivity contribution is 0.208. The predicted octanol–water partition coefficient (Wildman–Crippen LogP) is 0.155. The molecule has 2 rings (SSSR count). The Kier molecular flexibility index (Phi) is 5.31. The Morgan fingerprint density at radius 2 is 2.30 bits per heavy atom. The molecule has 20 heavy (non-hydrogen) atoms. The summed E-state index contributed by atoms with van der Waals surface area (Å²) in [6, 6.07) is 0.274. The molecule has 1 aromatic heterocycles. The fourth-order valence-electron chi connectivity index (χ4n) is 2.21. The normalized spacial score (nSPS) is 18.9. The standard InChI is InChI=1S/C12H22N6O2/c1-2-6-20-12-15-10(17-13)14-11(16-12)18-5-3-4-9(7-18)8-19/h9,19H,2-8,13H2,1H3,(H,14,15,16,17). The van der Waals surface area contributed by atoms with Crippen LogP contribution in [0.2, 0.25) is 0 Å². The van der Waals surface area contributed by atoms with E-state index in [9.17, 15) is 5.11 Å². The van der Waals surface area contributed by atoms with Crippen LogP contribution in [0.5, 0.6) is 6.01 Å². The number of anilines is 2. The lowest BCUT2D eigenvalue weighted by atomic mass is 9.99. The Hall–Kier alpha value is -1.67. The molecule has 0 radical (unpaired) electrons. The number of nitrogens with one attached hydrogen (secondary N) is 1. The van der Waals surface area contributed by atoms with Crippen molar-refractivity contribution >= 4 is 11.9 Å². The lowest BCUT2D eigenvalue weighted by Gasteiger charge is -2.31. The van der Waals surface area contributed by atoms with E-state index in [4.69, 9.17) is 10.6 Å². The molecule has 1 fully saturated rings. The molecule has 1 saturated heterocycles. The zero-order valence-electron chi connectivity index (χ0n) is 11.7. The summed E-state index contributed by atoms with van der Waals surface area (Å²) in [5.74, 6) is 6.47. The van der Waals surface area contributed by atoms with Crippen LogP contribution in [0.1, 0.15) is 26.2 Å². The average molecular weight is 282 g/mol. The van der Waals surface area contributed by atoms with Crippen LogP contribution in [-0.4, -0.2) is 46.4 Å². The van der Waals surface area contributed by atoms with Gasteiger partial charge in [-0.1, -0.05) is 6.92 Å². The molecule has 1 aliphatic rings. The molecule has 112 valence electrons. The second kappa shape index (κ2) is 7.20. The Bertz CT molecular complexity index is 430. The third-order valence-electron chi connectivity index (χ3n) is 3.23. The minimum absolute atomic E-state index is 0.183. The number of nitrogen functional groups attached to an aromatic ring is 1. The molecule has 1 unspecified atom stereocenters. The maximum Gasteiger partial charge on any atom is 0.323 e. The Morgan fingerprint density at radius 3 is 3.00 bits per heavy atom. The van der Waals surface area contributed by atoms with E-state index >= 15 is 0 Å². The predicted molar refractivity (Wildman–Crippen MR) is 75.4 cm³/mol. The molecule has 0 aliphatic carbocycles. The van der Waals surface area contributed by atoms with Crippen LogP contribution in [0.15, 0.2) is 0 Å². The van der Waals surface area contributed by atoms with Gasteiger partial charge in [0, 0.05) is 19.7 Å². The van der Waals surface area contributed by atoms with Crippen molar-refractivity contribution in [1.29, 1.82) is 0 Å². The molecular formula is C12H22N6O2. The highest BCUT2D eigenvalue weighted by molar-refractivity contribution is 5.38. The second-order valence-corrected chi connectivity index (χ2v) is 4.87. The van der Waals surface area contributed by atoms with Crippen molar-refractivity contribution in [2.45, 2.75) is 26.2 Å². The number of hydrogen-bond donors (Lipinski definition) is 3. The Balaban J connectivity index is 2.16. The maximum absolute atomic E-state index is 9.29. The van der Waals surface area contributed by atoms with E-state index in [0.717, 1.165) is 32.4 Å². The van der Waals surface area contributed by atoms with Crippen molar-refractivity contribution in [3.05, 3.63) is 0 Å². The summed E-state index contributed by atoms with van der Waals surface area (Å²) in [6.07, 6.45) is 2.91. The van der Waals surface area contributed by atoms with Gasteiger partial charge in [-0.3, -0.25) is 5.43 Å². The van der Waals surface area contributed by atoms with Crippen LogP contribution in [0, 0.1) is 5.92 Å². The minimum Gasteiger partial charge on any atom is -0.463 e. The summed E-state index contributed by atoms with van der Waals surface area (Å²) in [4.78, 5) is 14.7. The fourth-order valence-corrected chi connectivity index (χ4v) is 2.21. The summed E-state index contributed by atoms with van der Waals surface area (Å²) < 4.78 is 5.45. The van der Waals surface area contributed by atoms with Crippen molar-refractivity contribution in [3.63, 3.8) is 0 Å². The number of aliphatic hydroxyl groups is 1. The molecule has 0 spiro atoms. The van der Waals surface area contributed by atoms with Crippen LogP contribution in [0.4, 0.5) is 11.9 Å². The maximum atomic E-state index is 9.29. The first-order valence-electron chi connectivity index (χ1n) is 6.98. The molecule has 2 heterocycles. The van der Waals surface area contributed by atoms with Crippen molar-refractivity contribution in [2.24, 2.45) is 11.8 Å². The number of hydrazine groups is 1. The molecule has 0 bridgehead atoms. The number of piperidine rings is 1. The third kappa shape index (κ3) is 3.67. The average Bonchev–Trinajstić information content (AvgIpc) is 2.52. The summed E-state index contributed by atoms with van der Waals surface area (Å²) in [7, 11) is 0. The monoisotopic (exact) mass is 282 g/mol. The molecule has 8 nitrogen and oxygen atoms in total. The molecular weight excluding hydrogens is 260 g/mol. The zero-order chi connectivity index (χ0) is 14.4. The molecule has 0 saturated carbocycles. The zero-order valence-corrected chi connectivity index (χ0v) is 11.7. The fraction of sp³-hybridized carbons (Fsp3) is 0.750. The summed E-state index contributed by atoms with van der Waals surface area (Å²) >= 11 is 0. The van der Waals surface area contributed by atoms with Crippen LogP contribution >= 0.6 is 0 Å². The van der Waals surface area contributed by atoms with Crippen molar-refractivity contribution in [1.82, 2.24) is 15.0 Å². The largest absolute Gasteiger partial charge is 0.463 e. The molecule has 0 aromatic carbocycles. The highest BCUT2D eigenvalue weighted by Crippen LogP contribution is 2.22. The van der Waals surface area contributed by atoms with Crippen LogP contribution in [0.3, 0.4) is 0 Å². The van der Waals surface area contributed by atoms with E-state index in [1.54, 1.807) is 0 Å². The van der Waals surface area contributed by atoms with Crippen LogP contribution < -0.4 is 20.9 Å². The highest BCUT2D eigenvalue weighted by Gasteiger charge is 2.22. The molecule has 1 aromatic rings. The highest BCUT2D eigenvalue weighted by atomic mass is 16.5. The van der Waals surface area contributed by atoms with Crippen molar-refractivity contribution in [3.8, 4) is 6.01 Å². The van der Waals surface area contributed by atoms with Gasteiger partial charge >= 0.3 is 6.01 Å². The Morgan fingerprint density at radius 1 is 1.45 bits per heavy atom. The first kappa shape index (κ1) is 14.7. The van der Waals surface area contributed by atoms with Gasteiger partial charge in [0.25, 0.3) is 0 Å². The number of hydrogen-bond acceptors (Lipinski definition) is 8. The first-order chi connectivity index (χ1) is 9.76. The van der Waals surface area contributed by atoms with E-state index in [1.165, 1.54) is 0 Å². The second-order valence-electron chi connectivity index (χ2n) is 4.87. The van der Waals surface area contributed by atoms with Gasteiger partial charge in [-0.05, 0) is 25.2 Å². The van der Waals surface area contributed by atoms with Gasteiger partial charge in [-0.2, -0.15) is 15.0 Å². The van der Waals surface area contributed by atoms with Crippen LogP contribution in [-0.2, 0) is 0 Å². The molecule has 1 atom stereocenters. The van der Waals surface area contributed by atoms with Crippen molar-refractivity contribution < 1.29 is 9.84 Å². The topological polar surface area (TPSA) is 109 Å². The summed E-state index contributed by atoms with van der Waals surface area (Å²) in [6.45, 7) is 4.34.